The maximum absolute atomic E-state index is 13.1. The number of aryl methyl sites for hydroxylation is 3. The van der Waals surface area contributed by atoms with Crippen LogP contribution in [0.4, 0.5) is 10.7 Å². The Morgan fingerprint density at radius 3 is 2.59 bits per heavy atom. The molecule has 0 aliphatic heterocycles. The second kappa shape index (κ2) is 9.40. The zero-order valence-electron chi connectivity index (χ0n) is 18.8. The van der Waals surface area contributed by atoms with Gasteiger partial charge in [0.1, 0.15) is 9.90 Å². The second-order valence-corrected chi connectivity index (χ2v) is 11.2. The smallest absolute Gasteiger partial charge is 0.341 e. The van der Waals surface area contributed by atoms with Crippen LogP contribution in [0.5, 0.6) is 0 Å². The number of ether oxygens (including phenoxy) is 1. The van der Waals surface area contributed by atoms with Crippen molar-refractivity contribution in [3.8, 4) is 0 Å². The zero-order valence-corrected chi connectivity index (χ0v) is 21.2. The van der Waals surface area contributed by atoms with Crippen LogP contribution in [0.25, 0.3) is 0 Å². The predicted molar refractivity (Wildman–Crippen MR) is 134 cm³/mol. The van der Waals surface area contributed by atoms with Crippen LogP contribution < -0.4 is 10.0 Å². The van der Waals surface area contributed by atoms with Gasteiger partial charge in [0.05, 0.1) is 23.4 Å². The third kappa shape index (κ3) is 4.68. The van der Waals surface area contributed by atoms with Gasteiger partial charge in [-0.15, -0.1) is 11.3 Å². The van der Waals surface area contributed by atoms with Gasteiger partial charge in [-0.1, -0.05) is 23.7 Å². The van der Waals surface area contributed by atoms with Gasteiger partial charge in [0.2, 0.25) is 0 Å². The molecule has 34 heavy (non-hydrogen) atoms. The van der Waals surface area contributed by atoms with E-state index < -0.39 is 21.9 Å². The molecule has 0 unspecified atom stereocenters. The number of fused-ring (bicyclic) bond motifs is 1. The summed E-state index contributed by atoms with van der Waals surface area (Å²) in [7, 11) is -2.77. The number of hydrogen-bond acceptors (Lipinski definition) is 6. The van der Waals surface area contributed by atoms with Crippen molar-refractivity contribution in [2.24, 2.45) is 0 Å². The van der Waals surface area contributed by atoms with E-state index in [1.165, 1.54) is 36.6 Å². The summed E-state index contributed by atoms with van der Waals surface area (Å²) in [6.45, 7) is 3.65. The molecule has 0 spiro atoms. The third-order valence-corrected chi connectivity index (χ3v) is 8.71. The third-order valence-electron chi connectivity index (χ3n) is 5.66. The van der Waals surface area contributed by atoms with Gasteiger partial charge in [0.25, 0.3) is 15.9 Å². The predicted octanol–water partition coefficient (Wildman–Crippen LogP) is 5.35. The molecule has 7 nitrogen and oxygen atoms in total. The maximum Gasteiger partial charge on any atom is 0.341 e. The van der Waals surface area contributed by atoms with E-state index >= 15 is 0 Å². The lowest BCUT2D eigenvalue weighted by Crippen LogP contribution is -2.17. The zero-order chi connectivity index (χ0) is 24.6. The van der Waals surface area contributed by atoms with Gasteiger partial charge < -0.3 is 10.1 Å². The Hall–Kier alpha value is -2.88. The van der Waals surface area contributed by atoms with E-state index in [0.717, 1.165) is 40.8 Å². The number of halogens is 1. The standard InChI is InChI=1S/C24H23ClN2O5S2/c1-13-7-8-14(2)18(11-13)27-34(30,31)20-12-15(9-10-17(20)25)22(28)26-23-21(24(29)32-3)16-5-4-6-19(16)33-23/h7-12,27H,4-6H2,1-3H3,(H,26,28). The quantitative estimate of drug-likeness (QED) is 0.428. The molecule has 0 radical (unpaired) electrons. The fourth-order valence-electron chi connectivity index (χ4n) is 3.88. The normalized spacial score (nSPS) is 12.8. The molecule has 4 rings (SSSR count). The van der Waals surface area contributed by atoms with Crippen molar-refractivity contribution in [1.82, 2.24) is 0 Å². The fourth-order valence-corrected chi connectivity index (χ4v) is 6.80. The number of amides is 1. The van der Waals surface area contributed by atoms with Gasteiger partial charge in [-0.25, -0.2) is 13.2 Å². The summed E-state index contributed by atoms with van der Waals surface area (Å²) < 4.78 is 33.7. The van der Waals surface area contributed by atoms with E-state index in [9.17, 15) is 18.0 Å². The van der Waals surface area contributed by atoms with Crippen molar-refractivity contribution in [3.63, 3.8) is 0 Å². The Morgan fingerprint density at radius 2 is 1.85 bits per heavy atom. The van der Waals surface area contributed by atoms with E-state index in [0.29, 0.717) is 16.3 Å². The van der Waals surface area contributed by atoms with Crippen LogP contribution in [0.1, 0.15) is 48.7 Å². The molecule has 0 saturated carbocycles. The average molecular weight is 519 g/mol. The number of carbonyl (C=O) groups excluding carboxylic acids is 2. The lowest BCUT2D eigenvalue weighted by Gasteiger charge is -2.13. The molecule has 0 saturated heterocycles. The highest BCUT2D eigenvalue weighted by Crippen LogP contribution is 2.39. The first-order valence-electron chi connectivity index (χ1n) is 10.5. The van der Waals surface area contributed by atoms with E-state index in [1.807, 2.05) is 19.1 Å². The molecule has 178 valence electrons. The number of carbonyl (C=O) groups is 2. The van der Waals surface area contributed by atoms with Gasteiger partial charge >= 0.3 is 5.97 Å². The van der Waals surface area contributed by atoms with Crippen LogP contribution in [-0.2, 0) is 27.6 Å². The maximum atomic E-state index is 13.1. The molecule has 0 bridgehead atoms. The highest BCUT2D eigenvalue weighted by Gasteiger charge is 2.29. The van der Waals surface area contributed by atoms with Crippen molar-refractivity contribution in [2.75, 3.05) is 17.1 Å². The number of rotatable bonds is 6. The summed E-state index contributed by atoms with van der Waals surface area (Å²) in [5, 5.41) is 3.14. The number of anilines is 2. The van der Waals surface area contributed by atoms with Crippen molar-refractivity contribution >= 4 is 55.5 Å². The van der Waals surface area contributed by atoms with Crippen molar-refractivity contribution in [3.05, 3.63) is 74.1 Å². The molecular weight excluding hydrogens is 496 g/mol. The van der Waals surface area contributed by atoms with Gasteiger partial charge in [-0.3, -0.25) is 9.52 Å². The highest BCUT2D eigenvalue weighted by molar-refractivity contribution is 7.92. The Morgan fingerprint density at radius 1 is 1.09 bits per heavy atom. The molecular formula is C24H23ClN2O5S2. The highest BCUT2D eigenvalue weighted by atomic mass is 35.5. The van der Waals surface area contributed by atoms with Crippen molar-refractivity contribution < 1.29 is 22.7 Å². The number of benzene rings is 2. The van der Waals surface area contributed by atoms with E-state index in [1.54, 1.807) is 13.0 Å². The summed E-state index contributed by atoms with van der Waals surface area (Å²) in [5.41, 5.74) is 3.44. The lowest BCUT2D eigenvalue weighted by molar-refractivity contribution is 0.0601. The monoisotopic (exact) mass is 518 g/mol. The Labute approximate surface area is 207 Å². The first-order valence-corrected chi connectivity index (χ1v) is 13.2. The van der Waals surface area contributed by atoms with Crippen LogP contribution in [0.2, 0.25) is 5.02 Å². The molecule has 0 atom stereocenters. The minimum Gasteiger partial charge on any atom is -0.465 e. The van der Waals surface area contributed by atoms with Crippen LogP contribution in [-0.4, -0.2) is 27.4 Å². The minimum absolute atomic E-state index is 0.0142. The molecule has 1 aliphatic rings. The summed E-state index contributed by atoms with van der Waals surface area (Å²) >= 11 is 7.55. The Kier molecular flexibility index (Phi) is 6.71. The summed E-state index contributed by atoms with van der Waals surface area (Å²) in [5.74, 6) is -1.06. The van der Waals surface area contributed by atoms with Crippen LogP contribution >= 0.6 is 22.9 Å². The van der Waals surface area contributed by atoms with Crippen molar-refractivity contribution in [1.29, 1.82) is 0 Å². The van der Waals surface area contributed by atoms with Crippen LogP contribution in [0.3, 0.4) is 0 Å². The number of methoxy groups -OCH3 is 1. The number of thiophene rings is 1. The average Bonchev–Trinajstić information content (AvgIpc) is 3.36. The molecule has 10 heteroatoms. The van der Waals surface area contributed by atoms with E-state index in [2.05, 4.69) is 10.0 Å². The van der Waals surface area contributed by atoms with E-state index in [-0.39, 0.29) is 15.5 Å². The molecule has 3 aromatic rings. The van der Waals surface area contributed by atoms with Gasteiger partial charge in [0, 0.05) is 10.4 Å². The van der Waals surface area contributed by atoms with Gasteiger partial charge in [0.15, 0.2) is 0 Å². The second-order valence-electron chi connectivity index (χ2n) is 8.08. The SMILES string of the molecule is COC(=O)c1c(NC(=O)c2ccc(Cl)c(S(=O)(=O)Nc3cc(C)ccc3C)c2)sc2c1CCC2. The summed E-state index contributed by atoms with van der Waals surface area (Å²) in [4.78, 5) is 26.2. The summed E-state index contributed by atoms with van der Waals surface area (Å²) in [6, 6.07) is 9.45. The minimum atomic E-state index is -4.07. The van der Waals surface area contributed by atoms with Crippen LogP contribution in [0.15, 0.2) is 41.3 Å². The van der Waals surface area contributed by atoms with Gasteiger partial charge in [-0.2, -0.15) is 0 Å². The van der Waals surface area contributed by atoms with Gasteiger partial charge in [-0.05, 0) is 74.1 Å². The number of sulfonamides is 1. The first kappa shape index (κ1) is 24.3. The molecule has 1 heterocycles. The summed E-state index contributed by atoms with van der Waals surface area (Å²) in [6.07, 6.45) is 2.54. The molecule has 1 amide bonds. The number of esters is 1. The molecule has 0 fully saturated rings. The molecule has 1 aliphatic carbocycles. The Balaban J connectivity index is 1.64. The Bertz CT molecular complexity index is 1410. The lowest BCUT2D eigenvalue weighted by atomic mass is 10.1. The number of nitrogens with one attached hydrogen (secondary N) is 2. The number of hydrogen-bond donors (Lipinski definition) is 2. The van der Waals surface area contributed by atoms with E-state index in [4.69, 9.17) is 16.3 Å². The first-order chi connectivity index (χ1) is 16.1. The topological polar surface area (TPSA) is 102 Å². The fraction of sp³-hybridized carbons (Fsp3) is 0.250. The molecule has 2 aromatic carbocycles. The molecule has 1 aromatic heterocycles. The van der Waals surface area contributed by atoms with Crippen LogP contribution in [0, 0.1) is 13.8 Å². The van der Waals surface area contributed by atoms with Crippen molar-refractivity contribution in [2.45, 2.75) is 38.0 Å². The molecule has 2 N–H and O–H groups in total. The largest absolute Gasteiger partial charge is 0.465 e.